The van der Waals surface area contributed by atoms with E-state index >= 15 is 0 Å². The SMILES string of the molecule is CC(CCc1ccccc1)NC(=O)CSc1nc2ccsc2c(=O)n1-c1ccccc1. The van der Waals surface area contributed by atoms with Crippen LogP contribution in [0.15, 0.2) is 82.1 Å². The summed E-state index contributed by atoms with van der Waals surface area (Å²) in [6, 6.07) is 21.6. The third kappa shape index (κ3) is 5.24. The Kier molecular flexibility index (Phi) is 6.84. The van der Waals surface area contributed by atoms with E-state index in [1.807, 2.05) is 66.9 Å². The minimum Gasteiger partial charge on any atom is -0.353 e. The first-order valence-electron chi connectivity index (χ1n) is 10.1. The third-order valence-corrected chi connectivity index (χ3v) is 6.74. The molecule has 0 aliphatic rings. The Labute approximate surface area is 189 Å². The number of amides is 1. The standard InChI is InChI=1S/C24H23N3O2S2/c1-17(12-13-18-8-4-2-5-9-18)25-21(28)16-31-24-26-20-14-15-30-22(20)23(29)27(24)19-10-6-3-7-11-19/h2-11,14-15,17H,12-13,16H2,1H3,(H,25,28). The van der Waals surface area contributed by atoms with Crippen molar-refractivity contribution in [1.29, 1.82) is 0 Å². The van der Waals surface area contributed by atoms with Crippen LogP contribution in [0, 0.1) is 0 Å². The summed E-state index contributed by atoms with van der Waals surface area (Å²) in [6.07, 6.45) is 1.79. The van der Waals surface area contributed by atoms with Gasteiger partial charge in [-0.2, -0.15) is 0 Å². The lowest BCUT2D eigenvalue weighted by atomic mass is 10.1. The van der Waals surface area contributed by atoms with Gasteiger partial charge < -0.3 is 5.32 Å². The van der Waals surface area contributed by atoms with E-state index in [-0.39, 0.29) is 23.3 Å². The minimum atomic E-state index is -0.106. The summed E-state index contributed by atoms with van der Waals surface area (Å²) in [5.74, 6) is 0.134. The van der Waals surface area contributed by atoms with Gasteiger partial charge in [-0.1, -0.05) is 60.3 Å². The summed E-state index contributed by atoms with van der Waals surface area (Å²) in [5.41, 5.74) is 2.57. The second-order valence-electron chi connectivity index (χ2n) is 7.29. The number of thioether (sulfide) groups is 1. The molecule has 2 aromatic heterocycles. The normalized spacial score (nSPS) is 12.0. The average molecular weight is 450 g/mol. The highest BCUT2D eigenvalue weighted by Crippen LogP contribution is 2.23. The molecule has 0 bridgehead atoms. The number of hydrogen-bond donors (Lipinski definition) is 1. The van der Waals surface area contributed by atoms with E-state index in [9.17, 15) is 9.59 Å². The summed E-state index contributed by atoms with van der Waals surface area (Å²) in [6.45, 7) is 2.01. The van der Waals surface area contributed by atoms with Crippen molar-refractivity contribution in [1.82, 2.24) is 14.9 Å². The van der Waals surface area contributed by atoms with Crippen LogP contribution in [0.1, 0.15) is 18.9 Å². The molecular formula is C24H23N3O2S2. The van der Waals surface area contributed by atoms with Gasteiger partial charge in [-0.15, -0.1) is 11.3 Å². The first-order valence-corrected chi connectivity index (χ1v) is 12.0. The van der Waals surface area contributed by atoms with Gasteiger partial charge in [0, 0.05) is 6.04 Å². The molecule has 0 saturated carbocycles. The fourth-order valence-corrected chi connectivity index (χ4v) is 4.92. The minimum absolute atomic E-state index is 0.0650. The molecule has 2 heterocycles. The Morgan fingerprint density at radius 3 is 2.55 bits per heavy atom. The molecular weight excluding hydrogens is 426 g/mol. The summed E-state index contributed by atoms with van der Waals surface area (Å²) in [7, 11) is 0. The molecule has 7 heteroatoms. The summed E-state index contributed by atoms with van der Waals surface area (Å²) in [4.78, 5) is 30.3. The van der Waals surface area contributed by atoms with Gasteiger partial charge in [0.05, 0.1) is 17.0 Å². The van der Waals surface area contributed by atoms with Crippen molar-refractivity contribution < 1.29 is 4.79 Å². The number of thiophene rings is 1. The quantitative estimate of drug-likeness (QED) is 0.313. The Morgan fingerprint density at radius 2 is 1.81 bits per heavy atom. The van der Waals surface area contributed by atoms with Crippen LogP contribution >= 0.6 is 23.1 Å². The van der Waals surface area contributed by atoms with Crippen molar-refractivity contribution in [2.45, 2.75) is 31.0 Å². The third-order valence-electron chi connectivity index (χ3n) is 4.91. The maximum Gasteiger partial charge on any atom is 0.276 e. The number of hydrogen-bond acceptors (Lipinski definition) is 5. The molecule has 31 heavy (non-hydrogen) atoms. The number of carbonyl (C=O) groups excluding carboxylic acids is 1. The molecule has 2 aromatic carbocycles. The van der Waals surface area contributed by atoms with E-state index in [1.165, 1.54) is 28.7 Å². The Morgan fingerprint density at radius 1 is 1.10 bits per heavy atom. The first-order chi connectivity index (χ1) is 15.1. The lowest BCUT2D eigenvalue weighted by Gasteiger charge is -2.15. The number of nitrogens with zero attached hydrogens (tertiary/aromatic N) is 2. The zero-order valence-electron chi connectivity index (χ0n) is 17.2. The van der Waals surface area contributed by atoms with Gasteiger partial charge in [0.2, 0.25) is 5.91 Å². The Hall–Kier alpha value is -2.90. The van der Waals surface area contributed by atoms with Gasteiger partial charge in [-0.25, -0.2) is 4.98 Å². The van der Waals surface area contributed by atoms with Crippen LogP contribution in [0.5, 0.6) is 0 Å². The molecule has 0 fully saturated rings. The van der Waals surface area contributed by atoms with Crippen LogP contribution in [0.4, 0.5) is 0 Å². The molecule has 0 radical (unpaired) electrons. The number of carbonyl (C=O) groups is 1. The highest BCUT2D eigenvalue weighted by atomic mass is 32.2. The maximum absolute atomic E-state index is 13.1. The fourth-order valence-electron chi connectivity index (χ4n) is 3.34. The monoisotopic (exact) mass is 449 g/mol. The second-order valence-corrected chi connectivity index (χ2v) is 9.15. The van der Waals surface area contributed by atoms with Crippen molar-refractivity contribution in [3.05, 3.63) is 88.0 Å². The lowest BCUT2D eigenvalue weighted by Crippen LogP contribution is -2.34. The predicted molar refractivity (Wildman–Crippen MR) is 128 cm³/mol. The van der Waals surface area contributed by atoms with E-state index in [2.05, 4.69) is 22.4 Å². The van der Waals surface area contributed by atoms with E-state index < -0.39 is 0 Å². The molecule has 0 aliphatic heterocycles. The van der Waals surface area contributed by atoms with Crippen LogP contribution in [0.2, 0.25) is 0 Å². The molecule has 0 saturated heterocycles. The molecule has 0 spiro atoms. The highest BCUT2D eigenvalue weighted by Gasteiger charge is 2.16. The Bertz CT molecular complexity index is 1220. The molecule has 158 valence electrons. The zero-order valence-corrected chi connectivity index (χ0v) is 18.8. The number of nitrogens with one attached hydrogen (secondary N) is 1. The molecule has 1 amide bonds. The van der Waals surface area contributed by atoms with Gasteiger partial charge in [0.1, 0.15) is 4.70 Å². The number of rotatable bonds is 8. The number of aryl methyl sites for hydroxylation is 1. The van der Waals surface area contributed by atoms with Crippen molar-refractivity contribution in [2.75, 3.05) is 5.75 Å². The molecule has 5 nitrogen and oxygen atoms in total. The average Bonchev–Trinajstić information content (AvgIpc) is 3.27. The van der Waals surface area contributed by atoms with E-state index in [0.29, 0.717) is 15.4 Å². The molecule has 0 aliphatic carbocycles. The zero-order chi connectivity index (χ0) is 21.6. The number of fused-ring (bicyclic) bond motifs is 1. The highest BCUT2D eigenvalue weighted by molar-refractivity contribution is 7.99. The predicted octanol–water partition coefficient (Wildman–Crippen LogP) is 4.68. The molecule has 1 N–H and O–H groups in total. The lowest BCUT2D eigenvalue weighted by molar-refractivity contribution is -0.119. The topological polar surface area (TPSA) is 64.0 Å². The molecule has 4 rings (SSSR count). The number of para-hydroxylation sites is 1. The Balaban J connectivity index is 1.44. The van der Waals surface area contributed by atoms with Gasteiger partial charge >= 0.3 is 0 Å². The summed E-state index contributed by atoms with van der Waals surface area (Å²) >= 11 is 2.67. The second kappa shape index (κ2) is 9.94. The van der Waals surface area contributed by atoms with Gasteiger partial charge in [-0.05, 0) is 48.9 Å². The smallest absolute Gasteiger partial charge is 0.276 e. The van der Waals surface area contributed by atoms with Crippen molar-refractivity contribution in [3.8, 4) is 5.69 Å². The largest absolute Gasteiger partial charge is 0.353 e. The van der Waals surface area contributed by atoms with Crippen LogP contribution in [-0.4, -0.2) is 27.3 Å². The summed E-state index contributed by atoms with van der Waals surface area (Å²) < 4.78 is 2.21. The van der Waals surface area contributed by atoms with E-state index in [0.717, 1.165) is 18.5 Å². The van der Waals surface area contributed by atoms with Crippen LogP contribution in [0.25, 0.3) is 15.9 Å². The van der Waals surface area contributed by atoms with Crippen LogP contribution < -0.4 is 10.9 Å². The van der Waals surface area contributed by atoms with Gasteiger partial charge in [-0.3, -0.25) is 14.2 Å². The number of aromatic nitrogens is 2. The van der Waals surface area contributed by atoms with Crippen LogP contribution in [-0.2, 0) is 11.2 Å². The molecule has 4 aromatic rings. The van der Waals surface area contributed by atoms with Gasteiger partial charge in [0.25, 0.3) is 5.56 Å². The van der Waals surface area contributed by atoms with E-state index in [4.69, 9.17) is 0 Å². The number of benzene rings is 2. The summed E-state index contributed by atoms with van der Waals surface area (Å²) in [5, 5.41) is 5.44. The van der Waals surface area contributed by atoms with E-state index in [1.54, 1.807) is 4.57 Å². The fraction of sp³-hybridized carbons (Fsp3) is 0.208. The van der Waals surface area contributed by atoms with Crippen molar-refractivity contribution in [3.63, 3.8) is 0 Å². The molecule has 1 atom stereocenters. The molecule has 1 unspecified atom stereocenters. The van der Waals surface area contributed by atoms with Crippen molar-refractivity contribution >= 4 is 39.2 Å². The maximum atomic E-state index is 13.1. The first kappa shape index (κ1) is 21.3. The van der Waals surface area contributed by atoms with Gasteiger partial charge in [0.15, 0.2) is 5.16 Å². The van der Waals surface area contributed by atoms with Crippen LogP contribution in [0.3, 0.4) is 0 Å². The van der Waals surface area contributed by atoms with Crippen molar-refractivity contribution in [2.24, 2.45) is 0 Å².